The van der Waals surface area contributed by atoms with Crippen LogP contribution in [0.15, 0.2) is 72.4 Å². The number of para-hydroxylation sites is 2. The summed E-state index contributed by atoms with van der Waals surface area (Å²) in [4.78, 5) is 17.6. The summed E-state index contributed by atoms with van der Waals surface area (Å²) in [5.74, 6) is -0.137. The van der Waals surface area contributed by atoms with E-state index in [1.807, 2.05) is 66.0 Å². The van der Waals surface area contributed by atoms with Gasteiger partial charge in [0.25, 0.3) is 5.91 Å². The number of rotatable bonds is 3. The molecule has 0 aliphatic carbocycles. The van der Waals surface area contributed by atoms with Crippen LogP contribution in [0.2, 0.25) is 0 Å². The molecule has 1 N–H and O–H groups in total. The molecule has 5 heteroatoms. The Bertz CT molecular complexity index is 972. The van der Waals surface area contributed by atoms with Crippen LogP contribution >= 0.6 is 11.3 Å². The summed E-state index contributed by atoms with van der Waals surface area (Å²) in [7, 11) is 0. The number of amides is 1. The number of imidazole rings is 1. The van der Waals surface area contributed by atoms with Gasteiger partial charge in [-0.15, -0.1) is 11.3 Å². The standard InChI is InChI=1S/C18H13N3OS/c22-18(20-21-12-19-15-8-4-5-9-16(15)21)17-14(10-11-23-17)13-6-2-1-3-7-13/h1-12H,(H,20,22). The fourth-order valence-corrected chi connectivity index (χ4v) is 3.34. The third-order valence-electron chi connectivity index (χ3n) is 3.63. The second-order valence-corrected chi connectivity index (χ2v) is 5.99. The molecular weight excluding hydrogens is 306 g/mol. The Hall–Kier alpha value is -2.92. The zero-order valence-electron chi connectivity index (χ0n) is 12.1. The van der Waals surface area contributed by atoms with Crippen molar-refractivity contribution < 1.29 is 4.79 Å². The van der Waals surface area contributed by atoms with Crippen molar-refractivity contribution in [3.05, 3.63) is 77.2 Å². The van der Waals surface area contributed by atoms with Crippen LogP contribution < -0.4 is 5.43 Å². The minimum absolute atomic E-state index is 0.137. The molecule has 23 heavy (non-hydrogen) atoms. The highest BCUT2D eigenvalue weighted by Crippen LogP contribution is 2.28. The zero-order chi connectivity index (χ0) is 15.6. The molecule has 0 aliphatic rings. The molecule has 0 radical (unpaired) electrons. The molecule has 0 aliphatic heterocycles. The molecule has 4 rings (SSSR count). The van der Waals surface area contributed by atoms with Gasteiger partial charge in [0.05, 0.1) is 11.0 Å². The SMILES string of the molecule is O=C(Nn1cnc2ccccc21)c1sccc1-c1ccccc1. The molecule has 0 atom stereocenters. The van der Waals surface area contributed by atoms with Gasteiger partial charge in [-0.25, -0.2) is 9.66 Å². The van der Waals surface area contributed by atoms with E-state index in [0.29, 0.717) is 4.88 Å². The number of nitrogens with zero attached hydrogens (tertiary/aromatic N) is 2. The highest BCUT2D eigenvalue weighted by molar-refractivity contribution is 7.12. The maximum absolute atomic E-state index is 12.7. The second-order valence-electron chi connectivity index (χ2n) is 5.07. The van der Waals surface area contributed by atoms with Crippen LogP contribution in [-0.2, 0) is 0 Å². The van der Waals surface area contributed by atoms with E-state index in [0.717, 1.165) is 22.2 Å². The first-order valence-electron chi connectivity index (χ1n) is 7.19. The second kappa shape index (κ2) is 5.70. The van der Waals surface area contributed by atoms with Crippen LogP contribution in [0.4, 0.5) is 0 Å². The van der Waals surface area contributed by atoms with Gasteiger partial charge in [-0.2, -0.15) is 0 Å². The molecule has 1 amide bonds. The summed E-state index contributed by atoms with van der Waals surface area (Å²) in [6.07, 6.45) is 1.62. The summed E-state index contributed by atoms with van der Waals surface area (Å²) < 4.78 is 1.66. The lowest BCUT2D eigenvalue weighted by Crippen LogP contribution is -2.21. The van der Waals surface area contributed by atoms with Gasteiger partial charge in [0.1, 0.15) is 11.2 Å². The van der Waals surface area contributed by atoms with Crippen molar-refractivity contribution in [3.8, 4) is 11.1 Å². The molecule has 4 nitrogen and oxygen atoms in total. The first-order valence-corrected chi connectivity index (χ1v) is 8.07. The number of benzene rings is 2. The fourth-order valence-electron chi connectivity index (χ4n) is 2.54. The highest BCUT2D eigenvalue weighted by Gasteiger charge is 2.15. The summed E-state index contributed by atoms with van der Waals surface area (Å²) in [6, 6.07) is 19.6. The van der Waals surface area contributed by atoms with E-state index >= 15 is 0 Å². The number of hydrogen-bond donors (Lipinski definition) is 1. The highest BCUT2D eigenvalue weighted by atomic mass is 32.1. The fraction of sp³-hybridized carbons (Fsp3) is 0. The van der Waals surface area contributed by atoms with Crippen molar-refractivity contribution in [1.82, 2.24) is 9.66 Å². The van der Waals surface area contributed by atoms with E-state index in [9.17, 15) is 4.79 Å². The van der Waals surface area contributed by atoms with Crippen molar-refractivity contribution in [3.63, 3.8) is 0 Å². The Morgan fingerprint density at radius 3 is 2.65 bits per heavy atom. The molecule has 2 aromatic heterocycles. The Balaban J connectivity index is 1.67. The number of nitrogens with one attached hydrogen (secondary N) is 1. The van der Waals surface area contributed by atoms with E-state index in [-0.39, 0.29) is 5.91 Å². The Morgan fingerprint density at radius 1 is 1.00 bits per heavy atom. The van der Waals surface area contributed by atoms with Gasteiger partial charge in [-0.1, -0.05) is 42.5 Å². The van der Waals surface area contributed by atoms with Gasteiger partial charge in [-0.05, 0) is 29.1 Å². The van der Waals surface area contributed by atoms with Crippen LogP contribution in [0.1, 0.15) is 9.67 Å². The monoisotopic (exact) mass is 319 g/mol. The van der Waals surface area contributed by atoms with Crippen LogP contribution in [0.3, 0.4) is 0 Å². The summed E-state index contributed by atoms with van der Waals surface area (Å²) in [5.41, 5.74) is 6.60. The average Bonchev–Trinajstić information content (AvgIpc) is 3.23. The topological polar surface area (TPSA) is 46.9 Å². The van der Waals surface area contributed by atoms with Crippen molar-refractivity contribution in [1.29, 1.82) is 0 Å². The molecule has 112 valence electrons. The van der Waals surface area contributed by atoms with Crippen LogP contribution in [-0.4, -0.2) is 15.6 Å². The largest absolute Gasteiger partial charge is 0.280 e. The van der Waals surface area contributed by atoms with Crippen molar-refractivity contribution in [2.75, 3.05) is 5.43 Å². The maximum atomic E-state index is 12.7. The van der Waals surface area contributed by atoms with Gasteiger partial charge in [0.15, 0.2) is 0 Å². The third kappa shape index (κ3) is 2.51. The first kappa shape index (κ1) is 13.7. The van der Waals surface area contributed by atoms with E-state index in [2.05, 4.69) is 10.4 Å². The predicted octanol–water partition coefficient (Wildman–Crippen LogP) is 4.15. The lowest BCUT2D eigenvalue weighted by Gasteiger charge is -2.08. The Kier molecular flexibility index (Phi) is 3.40. The average molecular weight is 319 g/mol. The molecule has 0 unspecified atom stereocenters. The lowest BCUT2D eigenvalue weighted by atomic mass is 10.1. The third-order valence-corrected chi connectivity index (χ3v) is 4.54. The number of carbonyl (C=O) groups is 1. The maximum Gasteiger partial charge on any atom is 0.280 e. The van der Waals surface area contributed by atoms with Crippen molar-refractivity contribution in [2.24, 2.45) is 0 Å². The molecular formula is C18H13N3OS. The van der Waals surface area contributed by atoms with E-state index in [4.69, 9.17) is 0 Å². The quantitative estimate of drug-likeness (QED) is 0.616. The van der Waals surface area contributed by atoms with E-state index in [1.54, 1.807) is 11.0 Å². The van der Waals surface area contributed by atoms with Crippen LogP contribution in [0, 0.1) is 0 Å². The molecule has 0 saturated heterocycles. The summed E-state index contributed by atoms with van der Waals surface area (Å²) in [6.45, 7) is 0. The number of thiophene rings is 1. The van der Waals surface area contributed by atoms with Gasteiger partial charge in [0.2, 0.25) is 0 Å². The zero-order valence-corrected chi connectivity index (χ0v) is 13.0. The minimum Gasteiger partial charge on any atom is -0.266 e. The first-order chi connectivity index (χ1) is 11.3. The van der Waals surface area contributed by atoms with Crippen molar-refractivity contribution >= 4 is 28.3 Å². The van der Waals surface area contributed by atoms with Gasteiger partial charge >= 0.3 is 0 Å². The Labute approximate surface area is 137 Å². The molecule has 4 aromatic rings. The number of fused-ring (bicyclic) bond motifs is 1. The van der Waals surface area contributed by atoms with E-state index in [1.165, 1.54) is 11.3 Å². The molecule has 2 heterocycles. The number of carbonyl (C=O) groups excluding carboxylic acids is 1. The molecule has 0 saturated carbocycles. The molecule has 2 aromatic carbocycles. The number of hydrogen-bond acceptors (Lipinski definition) is 3. The molecule has 0 spiro atoms. The molecule has 0 fully saturated rings. The summed E-state index contributed by atoms with van der Waals surface area (Å²) >= 11 is 1.43. The summed E-state index contributed by atoms with van der Waals surface area (Å²) in [5, 5.41) is 1.93. The van der Waals surface area contributed by atoms with Gasteiger partial charge in [-0.3, -0.25) is 10.2 Å². The lowest BCUT2D eigenvalue weighted by molar-refractivity contribution is 0.101. The Morgan fingerprint density at radius 2 is 1.78 bits per heavy atom. The minimum atomic E-state index is -0.137. The van der Waals surface area contributed by atoms with Gasteiger partial charge in [0, 0.05) is 5.56 Å². The smallest absolute Gasteiger partial charge is 0.266 e. The molecule has 0 bridgehead atoms. The normalized spacial score (nSPS) is 10.8. The predicted molar refractivity (Wildman–Crippen MR) is 93.2 cm³/mol. The van der Waals surface area contributed by atoms with Crippen LogP contribution in [0.25, 0.3) is 22.2 Å². The van der Waals surface area contributed by atoms with Crippen molar-refractivity contribution in [2.45, 2.75) is 0 Å². The van der Waals surface area contributed by atoms with Gasteiger partial charge < -0.3 is 0 Å². The van der Waals surface area contributed by atoms with E-state index < -0.39 is 0 Å². The number of aromatic nitrogens is 2. The van der Waals surface area contributed by atoms with Crippen LogP contribution in [0.5, 0.6) is 0 Å².